The van der Waals surface area contributed by atoms with Crippen LogP contribution in [0.5, 0.6) is 0 Å². The summed E-state index contributed by atoms with van der Waals surface area (Å²) in [7, 11) is 0. The van der Waals surface area contributed by atoms with E-state index in [1.54, 1.807) is 23.1 Å². The van der Waals surface area contributed by atoms with Crippen molar-refractivity contribution in [3.05, 3.63) is 34.9 Å². The monoisotopic (exact) mass is 379 g/mol. The van der Waals surface area contributed by atoms with Crippen molar-refractivity contribution in [2.45, 2.75) is 45.1 Å². The van der Waals surface area contributed by atoms with Gasteiger partial charge in [-0.05, 0) is 43.9 Å². The standard InChI is InChI=1S/C19H25N3O3.ClH/c1-2-3-9-22-18(24)15-8-7-13(11-16(15)19(22)25)17(23)21-10-5-4-6-14(21)12-20;/h7-8,11,14H,2-6,9-10,12,20H2,1H3;1H. The van der Waals surface area contributed by atoms with Crippen molar-refractivity contribution in [3.8, 4) is 0 Å². The average Bonchev–Trinajstić information content (AvgIpc) is 2.89. The molecule has 6 nitrogen and oxygen atoms in total. The number of carbonyl (C=O) groups excluding carboxylic acids is 3. The first-order chi connectivity index (χ1) is 12.1. The molecule has 26 heavy (non-hydrogen) atoms. The second kappa shape index (κ2) is 8.64. The highest BCUT2D eigenvalue weighted by Gasteiger charge is 2.36. The van der Waals surface area contributed by atoms with Crippen molar-refractivity contribution >= 4 is 30.1 Å². The van der Waals surface area contributed by atoms with Crippen LogP contribution in [0.4, 0.5) is 0 Å². The number of nitrogens with two attached hydrogens (primary N) is 1. The Balaban J connectivity index is 0.00000243. The predicted molar refractivity (Wildman–Crippen MR) is 102 cm³/mol. The van der Waals surface area contributed by atoms with Crippen LogP contribution in [0.2, 0.25) is 0 Å². The van der Waals surface area contributed by atoms with E-state index in [4.69, 9.17) is 5.73 Å². The van der Waals surface area contributed by atoms with Gasteiger partial charge in [0.25, 0.3) is 17.7 Å². The zero-order valence-corrected chi connectivity index (χ0v) is 15.9. The van der Waals surface area contributed by atoms with Crippen LogP contribution in [0, 0.1) is 0 Å². The highest BCUT2D eigenvalue weighted by atomic mass is 35.5. The van der Waals surface area contributed by atoms with E-state index in [0.717, 1.165) is 32.1 Å². The maximum atomic E-state index is 12.9. The van der Waals surface area contributed by atoms with Crippen molar-refractivity contribution < 1.29 is 14.4 Å². The van der Waals surface area contributed by atoms with Crippen LogP contribution in [0.15, 0.2) is 18.2 Å². The molecule has 2 heterocycles. The number of carbonyl (C=O) groups is 3. The van der Waals surface area contributed by atoms with Gasteiger partial charge in [-0.15, -0.1) is 12.4 Å². The number of unbranched alkanes of at least 4 members (excludes halogenated alkanes) is 1. The van der Waals surface area contributed by atoms with Crippen molar-refractivity contribution in [1.82, 2.24) is 9.80 Å². The van der Waals surface area contributed by atoms with Crippen molar-refractivity contribution in [2.24, 2.45) is 5.73 Å². The zero-order chi connectivity index (χ0) is 18.0. The molecule has 1 saturated heterocycles. The molecule has 1 aromatic rings. The Morgan fingerprint density at radius 1 is 1.19 bits per heavy atom. The molecule has 1 unspecified atom stereocenters. The average molecular weight is 380 g/mol. The van der Waals surface area contributed by atoms with Gasteiger partial charge in [0, 0.05) is 31.2 Å². The quantitative estimate of drug-likeness (QED) is 0.796. The molecule has 2 N–H and O–H groups in total. The van der Waals surface area contributed by atoms with Gasteiger partial charge >= 0.3 is 0 Å². The Morgan fingerprint density at radius 2 is 1.92 bits per heavy atom. The fourth-order valence-corrected chi connectivity index (χ4v) is 3.62. The van der Waals surface area contributed by atoms with E-state index >= 15 is 0 Å². The lowest BCUT2D eigenvalue weighted by Crippen LogP contribution is -2.47. The molecule has 3 rings (SSSR count). The molecule has 1 fully saturated rings. The Bertz CT molecular complexity index is 707. The van der Waals surface area contributed by atoms with E-state index in [2.05, 4.69) is 0 Å². The molecule has 0 bridgehead atoms. The highest BCUT2D eigenvalue weighted by Crippen LogP contribution is 2.26. The lowest BCUT2D eigenvalue weighted by Gasteiger charge is -2.35. The summed E-state index contributed by atoms with van der Waals surface area (Å²) in [5, 5.41) is 0. The summed E-state index contributed by atoms with van der Waals surface area (Å²) in [5.41, 5.74) is 7.00. The van der Waals surface area contributed by atoms with Gasteiger partial charge in [0.1, 0.15) is 0 Å². The first-order valence-corrected chi connectivity index (χ1v) is 9.09. The summed E-state index contributed by atoms with van der Waals surface area (Å²) >= 11 is 0. The minimum Gasteiger partial charge on any atom is -0.334 e. The number of fused-ring (bicyclic) bond motifs is 1. The molecule has 1 atom stereocenters. The Morgan fingerprint density at radius 3 is 2.62 bits per heavy atom. The summed E-state index contributed by atoms with van der Waals surface area (Å²) in [5.74, 6) is -0.660. The maximum absolute atomic E-state index is 12.9. The SMILES string of the molecule is CCCCN1C(=O)c2ccc(C(=O)N3CCCCC3CN)cc2C1=O.Cl. The molecular weight excluding hydrogens is 354 g/mol. The van der Waals surface area contributed by atoms with Gasteiger partial charge in [-0.3, -0.25) is 19.3 Å². The Labute approximate surface area is 160 Å². The highest BCUT2D eigenvalue weighted by molar-refractivity contribution is 6.22. The number of hydrogen-bond acceptors (Lipinski definition) is 4. The fourth-order valence-electron chi connectivity index (χ4n) is 3.62. The summed E-state index contributed by atoms with van der Waals surface area (Å²) in [4.78, 5) is 40.9. The zero-order valence-electron chi connectivity index (χ0n) is 15.1. The molecule has 0 aromatic heterocycles. The number of likely N-dealkylation sites (tertiary alicyclic amines) is 1. The molecule has 1 aromatic carbocycles. The number of nitrogens with zero attached hydrogens (tertiary/aromatic N) is 2. The van der Waals surface area contributed by atoms with Gasteiger partial charge < -0.3 is 10.6 Å². The van der Waals surface area contributed by atoms with E-state index in [0.29, 0.717) is 36.3 Å². The van der Waals surface area contributed by atoms with E-state index < -0.39 is 0 Å². The van der Waals surface area contributed by atoms with Gasteiger partial charge in [-0.2, -0.15) is 0 Å². The van der Waals surface area contributed by atoms with Crippen molar-refractivity contribution in [1.29, 1.82) is 0 Å². The lowest BCUT2D eigenvalue weighted by molar-refractivity contribution is 0.0621. The van der Waals surface area contributed by atoms with Gasteiger partial charge in [0.05, 0.1) is 11.1 Å². The molecule has 3 amide bonds. The molecule has 0 spiro atoms. The number of amides is 3. The molecule has 142 valence electrons. The van der Waals surface area contributed by atoms with Gasteiger partial charge in [0.2, 0.25) is 0 Å². The summed E-state index contributed by atoms with van der Waals surface area (Å²) < 4.78 is 0. The number of benzene rings is 1. The first-order valence-electron chi connectivity index (χ1n) is 9.09. The van der Waals surface area contributed by atoms with Crippen LogP contribution in [-0.4, -0.2) is 53.2 Å². The summed E-state index contributed by atoms with van der Waals surface area (Å²) in [6.45, 7) is 3.57. The normalized spacial score (nSPS) is 19.4. The smallest absolute Gasteiger partial charge is 0.261 e. The van der Waals surface area contributed by atoms with Gasteiger partial charge in [-0.25, -0.2) is 0 Å². The summed E-state index contributed by atoms with van der Waals surface area (Å²) in [6, 6.07) is 4.88. The molecule has 0 aliphatic carbocycles. The van der Waals surface area contributed by atoms with Crippen LogP contribution in [0.1, 0.15) is 70.1 Å². The third-order valence-corrected chi connectivity index (χ3v) is 5.11. The lowest BCUT2D eigenvalue weighted by atomic mass is 9.99. The number of rotatable bonds is 5. The minimum atomic E-state index is -0.294. The summed E-state index contributed by atoms with van der Waals surface area (Å²) in [6.07, 6.45) is 4.65. The largest absolute Gasteiger partial charge is 0.334 e. The van der Waals surface area contributed by atoms with Crippen LogP contribution >= 0.6 is 12.4 Å². The maximum Gasteiger partial charge on any atom is 0.261 e. The van der Waals surface area contributed by atoms with Gasteiger partial charge in [0.15, 0.2) is 0 Å². The molecule has 7 heteroatoms. The first kappa shape index (κ1) is 20.4. The number of hydrogen-bond donors (Lipinski definition) is 1. The predicted octanol–water partition coefficient (Wildman–Crippen LogP) is 2.46. The van der Waals surface area contributed by atoms with Crippen LogP contribution in [0.3, 0.4) is 0 Å². The van der Waals surface area contributed by atoms with Crippen molar-refractivity contribution in [3.63, 3.8) is 0 Å². The number of piperidine rings is 1. The second-order valence-corrected chi connectivity index (χ2v) is 6.76. The molecular formula is C19H26ClN3O3. The van der Waals surface area contributed by atoms with Crippen LogP contribution in [-0.2, 0) is 0 Å². The number of halogens is 1. The Kier molecular flexibility index (Phi) is 6.78. The minimum absolute atomic E-state index is 0. The molecule has 2 aliphatic rings. The molecule has 0 radical (unpaired) electrons. The number of imide groups is 1. The van der Waals surface area contributed by atoms with E-state index in [1.165, 1.54) is 4.90 Å². The van der Waals surface area contributed by atoms with E-state index in [9.17, 15) is 14.4 Å². The fraction of sp³-hybridized carbons (Fsp3) is 0.526. The van der Waals surface area contributed by atoms with Crippen LogP contribution in [0.25, 0.3) is 0 Å². The Hall–Kier alpha value is -1.92. The van der Waals surface area contributed by atoms with Gasteiger partial charge in [-0.1, -0.05) is 13.3 Å². The topological polar surface area (TPSA) is 83.7 Å². The third kappa shape index (κ3) is 3.62. The second-order valence-electron chi connectivity index (χ2n) is 6.76. The van der Waals surface area contributed by atoms with E-state index in [-0.39, 0.29) is 36.2 Å². The molecule has 0 saturated carbocycles. The van der Waals surface area contributed by atoms with Crippen LogP contribution < -0.4 is 5.73 Å². The van der Waals surface area contributed by atoms with E-state index in [1.807, 2.05) is 6.92 Å². The van der Waals surface area contributed by atoms with Crippen molar-refractivity contribution in [2.75, 3.05) is 19.6 Å². The third-order valence-electron chi connectivity index (χ3n) is 5.11. The molecule has 2 aliphatic heterocycles.